The largest absolute Gasteiger partial charge is 0.461 e. The van der Waals surface area contributed by atoms with Crippen LogP contribution in [-0.4, -0.2) is 9.38 Å². The number of aryl methyl sites for hydroxylation is 2. The first-order valence-corrected chi connectivity index (χ1v) is 5.92. The van der Waals surface area contributed by atoms with E-state index in [1.54, 1.807) is 0 Å². The minimum absolute atomic E-state index is 0.454. The monoisotopic (exact) mass is 241 g/mol. The number of furan rings is 1. The molecule has 3 aromatic heterocycles. The Morgan fingerprint density at radius 2 is 2.11 bits per heavy atom. The molecule has 0 spiro atoms. The summed E-state index contributed by atoms with van der Waals surface area (Å²) < 4.78 is 7.73. The predicted molar refractivity (Wildman–Crippen MR) is 70.3 cm³/mol. The molecule has 92 valence electrons. The molecule has 4 heteroatoms. The van der Waals surface area contributed by atoms with E-state index in [9.17, 15) is 0 Å². The first-order chi connectivity index (χ1) is 8.69. The molecule has 3 rings (SSSR count). The van der Waals surface area contributed by atoms with Gasteiger partial charge in [0.15, 0.2) is 0 Å². The second kappa shape index (κ2) is 3.99. The summed E-state index contributed by atoms with van der Waals surface area (Å²) in [6.07, 6.45) is 1.81. The molecule has 0 amide bonds. The Labute approximate surface area is 105 Å². The topological polar surface area (TPSA) is 56.5 Å². The molecule has 0 bridgehead atoms. The highest BCUT2D eigenvalue weighted by Gasteiger charge is 2.11. The molecule has 18 heavy (non-hydrogen) atoms. The van der Waals surface area contributed by atoms with Crippen LogP contribution in [0.2, 0.25) is 0 Å². The molecule has 0 aliphatic rings. The highest BCUT2D eigenvalue weighted by molar-refractivity contribution is 5.70. The normalized spacial score (nSPS) is 11.3. The number of nitrogens with zero attached hydrogens (tertiary/aromatic N) is 2. The van der Waals surface area contributed by atoms with Crippen LogP contribution in [0.4, 0.5) is 0 Å². The van der Waals surface area contributed by atoms with Crippen LogP contribution in [0, 0.1) is 13.8 Å². The summed E-state index contributed by atoms with van der Waals surface area (Å²) in [6, 6.07) is 8.08. The van der Waals surface area contributed by atoms with Crippen molar-refractivity contribution in [2.24, 2.45) is 5.73 Å². The van der Waals surface area contributed by atoms with Crippen LogP contribution in [-0.2, 0) is 6.54 Å². The van der Waals surface area contributed by atoms with Gasteiger partial charge in [-0.05, 0) is 38.1 Å². The number of aromatic nitrogens is 2. The van der Waals surface area contributed by atoms with Gasteiger partial charge in [0, 0.05) is 23.3 Å². The van der Waals surface area contributed by atoms with Gasteiger partial charge in [0.05, 0.1) is 12.0 Å². The van der Waals surface area contributed by atoms with Gasteiger partial charge in [-0.15, -0.1) is 0 Å². The van der Waals surface area contributed by atoms with E-state index in [2.05, 4.69) is 18.0 Å². The van der Waals surface area contributed by atoms with Crippen molar-refractivity contribution in [1.29, 1.82) is 0 Å². The van der Waals surface area contributed by atoms with E-state index in [1.165, 1.54) is 0 Å². The van der Waals surface area contributed by atoms with E-state index in [0.717, 1.165) is 34.0 Å². The Bertz CT molecular complexity index is 709. The summed E-state index contributed by atoms with van der Waals surface area (Å²) in [5.74, 6) is 1.81. The molecule has 0 saturated carbocycles. The number of nitrogens with two attached hydrogens (primary N) is 1. The van der Waals surface area contributed by atoms with Gasteiger partial charge < -0.3 is 14.6 Å². The predicted octanol–water partition coefficient (Wildman–Crippen LogP) is 2.67. The number of hydrogen-bond donors (Lipinski definition) is 1. The average molecular weight is 241 g/mol. The summed E-state index contributed by atoms with van der Waals surface area (Å²) in [6.45, 7) is 4.46. The number of fused-ring (bicyclic) bond motifs is 1. The van der Waals surface area contributed by atoms with E-state index in [0.29, 0.717) is 6.54 Å². The van der Waals surface area contributed by atoms with Crippen molar-refractivity contribution >= 4 is 5.52 Å². The van der Waals surface area contributed by atoms with Crippen molar-refractivity contribution in [2.45, 2.75) is 20.4 Å². The van der Waals surface area contributed by atoms with Crippen LogP contribution in [0.3, 0.4) is 0 Å². The van der Waals surface area contributed by atoms with Gasteiger partial charge in [-0.1, -0.05) is 0 Å². The molecule has 0 atom stereocenters. The maximum atomic E-state index is 5.68. The molecule has 0 aliphatic heterocycles. The maximum absolute atomic E-state index is 5.68. The molecular formula is C14H15N3O. The Morgan fingerprint density at radius 3 is 2.78 bits per heavy atom. The van der Waals surface area contributed by atoms with E-state index in [-0.39, 0.29) is 0 Å². The smallest absolute Gasteiger partial charge is 0.136 e. The van der Waals surface area contributed by atoms with E-state index in [1.807, 2.05) is 35.9 Å². The Kier molecular flexibility index (Phi) is 2.45. The SMILES string of the molecule is Cc1ccc(-c2cc3cc(CN)ncn3c2C)o1. The van der Waals surface area contributed by atoms with Crippen LogP contribution in [0.25, 0.3) is 16.8 Å². The van der Waals surface area contributed by atoms with Crippen LogP contribution in [0.1, 0.15) is 17.1 Å². The molecule has 3 heterocycles. The first kappa shape index (κ1) is 11.0. The molecule has 2 N–H and O–H groups in total. The quantitative estimate of drug-likeness (QED) is 0.750. The van der Waals surface area contributed by atoms with Crippen LogP contribution in [0.15, 0.2) is 35.0 Å². The highest BCUT2D eigenvalue weighted by Crippen LogP contribution is 2.28. The van der Waals surface area contributed by atoms with Gasteiger partial charge in [0.25, 0.3) is 0 Å². The summed E-state index contributed by atoms with van der Waals surface area (Å²) in [4.78, 5) is 4.31. The van der Waals surface area contributed by atoms with Crippen molar-refractivity contribution in [3.8, 4) is 11.3 Å². The molecule has 0 radical (unpaired) electrons. The van der Waals surface area contributed by atoms with Gasteiger partial charge in [0.2, 0.25) is 0 Å². The molecule has 4 nitrogen and oxygen atoms in total. The van der Waals surface area contributed by atoms with Crippen molar-refractivity contribution in [3.63, 3.8) is 0 Å². The Hall–Kier alpha value is -2.07. The van der Waals surface area contributed by atoms with Crippen molar-refractivity contribution in [3.05, 3.63) is 47.7 Å². The van der Waals surface area contributed by atoms with Crippen molar-refractivity contribution in [2.75, 3.05) is 0 Å². The maximum Gasteiger partial charge on any atom is 0.136 e. The van der Waals surface area contributed by atoms with Gasteiger partial charge >= 0.3 is 0 Å². The van der Waals surface area contributed by atoms with Gasteiger partial charge in [-0.3, -0.25) is 0 Å². The fourth-order valence-electron chi connectivity index (χ4n) is 2.19. The average Bonchev–Trinajstić information content (AvgIpc) is 2.93. The van der Waals surface area contributed by atoms with Crippen LogP contribution < -0.4 is 5.73 Å². The van der Waals surface area contributed by atoms with E-state index >= 15 is 0 Å². The lowest BCUT2D eigenvalue weighted by molar-refractivity contribution is 0.548. The first-order valence-electron chi connectivity index (χ1n) is 5.92. The lowest BCUT2D eigenvalue weighted by atomic mass is 10.2. The van der Waals surface area contributed by atoms with Crippen LogP contribution >= 0.6 is 0 Å². The highest BCUT2D eigenvalue weighted by atomic mass is 16.3. The summed E-state index contributed by atoms with van der Waals surface area (Å²) in [5, 5.41) is 0. The van der Waals surface area contributed by atoms with Crippen molar-refractivity contribution in [1.82, 2.24) is 9.38 Å². The van der Waals surface area contributed by atoms with E-state index < -0.39 is 0 Å². The van der Waals surface area contributed by atoms with E-state index in [4.69, 9.17) is 10.2 Å². The summed E-state index contributed by atoms with van der Waals surface area (Å²) in [7, 11) is 0. The third-order valence-corrected chi connectivity index (χ3v) is 3.19. The fraction of sp³-hybridized carbons (Fsp3) is 0.214. The zero-order chi connectivity index (χ0) is 12.7. The zero-order valence-electron chi connectivity index (χ0n) is 10.5. The minimum Gasteiger partial charge on any atom is -0.461 e. The number of hydrogen-bond acceptors (Lipinski definition) is 3. The molecule has 0 unspecified atom stereocenters. The minimum atomic E-state index is 0.454. The van der Waals surface area contributed by atoms with Gasteiger partial charge in [0.1, 0.15) is 11.5 Å². The zero-order valence-corrected chi connectivity index (χ0v) is 10.5. The second-order valence-electron chi connectivity index (χ2n) is 4.43. The summed E-state index contributed by atoms with van der Waals surface area (Å²) in [5.41, 5.74) is 9.81. The fourth-order valence-corrected chi connectivity index (χ4v) is 2.19. The van der Waals surface area contributed by atoms with Crippen molar-refractivity contribution < 1.29 is 4.42 Å². The molecule has 0 fully saturated rings. The third-order valence-electron chi connectivity index (χ3n) is 3.19. The van der Waals surface area contributed by atoms with Gasteiger partial charge in [-0.25, -0.2) is 4.98 Å². The molecule has 0 aliphatic carbocycles. The Balaban J connectivity index is 2.22. The van der Waals surface area contributed by atoms with Gasteiger partial charge in [-0.2, -0.15) is 0 Å². The molecule has 0 aromatic carbocycles. The third kappa shape index (κ3) is 1.62. The number of rotatable bonds is 2. The molecule has 0 saturated heterocycles. The lowest BCUT2D eigenvalue weighted by Gasteiger charge is -2.00. The summed E-state index contributed by atoms with van der Waals surface area (Å²) >= 11 is 0. The lowest BCUT2D eigenvalue weighted by Crippen LogP contribution is -2.01. The molecule has 3 aromatic rings. The Morgan fingerprint density at radius 1 is 1.28 bits per heavy atom. The second-order valence-corrected chi connectivity index (χ2v) is 4.43. The van der Waals surface area contributed by atoms with Crippen LogP contribution in [0.5, 0.6) is 0 Å². The standard InChI is InChI=1S/C14H15N3O/c1-9-3-4-14(18-9)13-6-12-5-11(7-15)16-8-17(12)10(13)2/h3-6,8H,7,15H2,1-2H3. The molecular weight excluding hydrogens is 226 g/mol.